The molecule has 31 heavy (non-hydrogen) atoms. The fourth-order valence-corrected chi connectivity index (χ4v) is 5.43. The minimum absolute atomic E-state index is 0.0284. The molecule has 164 valence electrons. The van der Waals surface area contributed by atoms with Gasteiger partial charge in [-0.25, -0.2) is 13.2 Å². The zero-order valence-corrected chi connectivity index (χ0v) is 18.7. The van der Waals surface area contributed by atoms with Crippen LogP contribution in [0.15, 0.2) is 50.5 Å². The molecule has 1 N–H and O–H groups in total. The Kier molecular flexibility index (Phi) is 5.67. The number of rotatable bonds is 4. The maximum Gasteiger partial charge on any atom is 0.419 e. The average molecular weight is 464 g/mol. The monoisotopic (exact) mass is 463 g/mol. The van der Waals surface area contributed by atoms with E-state index in [1.165, 1.54) is 21.0 Å². The number of amides is 1. The van der Waals surface area contributed by atoms with Crippen LogP contribution in [0, 0.1) is 12.8 Å². The number of anilines is 1. The predicted octanol–water partition coefficient (Wildman–Crippen LogP) is 3.13. The van der Waals surface area contributed by atoms with Gasteiger partial charge in [-0.1, -0.05) is 17.7 Å². The van der Waals surface area contributed by atoms with Crippen LogP contribution in [-0.2, 0) is 21.9 Å². The Labute approximate surface area is 184 Å². The lowest BCUT2D eigenvalue weighted by molar-refractivity contribution is -0.120. The van der Waals surface area contributed by atoms with Gasteiger partial charge in [-0.3, -0.25) is 9.36 Å². The van der Waals surface area contributed by atoms with E-state index in [0.29, 0.717) is 35.6 Å². The van der Waals surface area contributed by atoms with Gasteiger partial charge in [0.2, 0.25) is 15.9 Å². The van der Waals surface area contributed by atoms with E-state index in [1.54, 1.807) is 25.2 Å². The number of halogens is 1. The van der Waals surface area contributed by atoms with Crippen molar-refractivity contribution in [3.8, 4) is 0 Å². The molecule has 3 aromatic rings. The number of piperidine rings is 1. The Bertz CT molecular complexity index is 1330. The molecule has 10 heteroatoms. The fraction of sp³-hybridized carbons (Fsp3) is 0.333. The summed E-state index contributed by atoms with van der Waals surface area (Å²) in [4.78, 5) is 24.5. The standard InChI is InChI=1S/C21H22ClN3O5S/c1-13-5-6-15(10-17(13)22)23-20(26)14-4-3-9-25(12-14)31(28,29)16-7-8-18-19(11-16)30-21(27)24(18)2/h5-8,10-11,14H,3-4,9,12H2,1-2H3,(H,23,26)/t14-/m0/s1. The van der Waals surface area contributed by atoms with Gasteiger partial charge in [0.25, 0.3) is 0 Å². The summed E-state index contributed by atoms with van der Waals surface area (Å²) in [6.07, 6.45) is 1.15. The third-order valence-electron chi connectivity index (χ3n) is 5.60. The molecule has 2 heterocycles. The van der Waals surface area contributed by atoms with Crippen LogP contribution < -0.4 is 11.1 Å². The summed E-state index contributed by atoms with van der Waals surface area (Å²) >= 11 is 6.12. The van der Waals surface area contributed by atoms with Crippen molar-refractivity contribution in [3.05, 3.63) is 57.5 Å². The molecule has 0 radical (unpaired) electrons. The minimum atomic E-state index is -3.85. The number of sulfonamides is 1. The second-order valence-corrected chi connectivity index (χ2v) is 10.1. The first-order valence-electron chi connectivity index (χ1n) is 9.83. The molecule has 1 amide bonds. The Hall–Kier alpha value is -2.62. The molecule has 2 aromatic carbocycles. The van der Waals surface area contributed by atoms with Crippen LogP contribution in [0.3, 0.4) is 0 Å². The molecule has 0 spiro atoms. The fourth-order valence-electron chi connectivity index (χ4n) is 3.71. The van der Waals surface area contributed by atoms with Gasteiger partial charge in [0.15, 0.2) is 5.58 Å². The molecule has 8 nitrogen and oxygen atoms in total. The molecule has 1 fully saturated rings. The van der Waals surface area contributed by atoms with Gasteiger partial charge in [-0.15, -0.1) is 0 Å². The Morgan fingerprint density at radius 1 is 1.23 bits per heavy atom. The van der Waals surface area contributed by atoms with Gasteiger partial charge in [-0.05, 0) is 49.6 Å². The molecule has 1 aliphatic rings. The summed E-state index contributed by atoms with van der Waals surface area (Å²) in [6, 6.07) is 9.60. The van der Waals surface area contributed by atoms with E-state index < -0.39 is 21.7 Å². The summed E-state index contributed by atoms with van der Waals surface area (Å²) in [5, 5.41) is 3.38. The largest absolute Gasteiger partial charge is 0.419 e. The van der Waals surface area contributed by atoms with Crippen molar-refractivity contribution in [1.29, 1.82) is 0 Å². The number of aryl methyl sites for hydroxylation is 2. The third-order valence-corrected chi connectivity index (χ3v) is 7.86. The molecule has 1 saturated heterocycles. The summed E-state index contributed by atoms with van der Waals surface area (Å²) < 4.78 is 34.1. The normalized spacial score (nSPS) is 17.7. The van der Waals surface area contributed by atoms with E-state index in [9.17, 15) is 18.0 Å². The lowest BCUT2D eigenvalue weighted by Gasteiger charge is -2.31. The number of benzene rings is 2. The van der Waals surface area contributed by atoms with Crippen LogP contribution in [0.5, 0.6) is 0 Å². The summed E-state index contributed by atoms with van der Waals surface area (Å²) in [6.45, 7) is 2.26. The maximum absolute atomic E-state index is 13.2. The smallest absolute Gasteiger partial charge is 0.408 e. The Balaban J connectivity index is 1.53. The van der Waals surface area contributed by atoms with E-state index in [0.717, 1.165) is 5.56 Å². The number of carbonyl (C=O) groups is 1. The molecule has 1 atom stereocenters. The number of hydrogen-bond acceptors (Lipinski definition) is 5. The SMILES string of the molecule is Cc1ccc(NC(=O)[C@H]2CCCN(S(=O)(=O)c3ccc4c(c3)oc(=O)n4C)C2)cc1Cl. The zero-order chi connectivity index (χ0) is 22.3. The van der Waals surface area contributed by atoms with Crippen LogP contribution in [0.1, 0.15) is 18.4 Å². The molecule has 0 bridgehead atoms. The number of carbonyl (C=O) groups excluding carboxylic acids is 1. The summed E-state index contributed by atoms with van der Waals surface area (Å²) in [5.74, 6) is -1.29. The average Bonchev–Trinajstić information content (AvgIpc) is 3.04. The van der Waals surface area contributed by atoms with E-state index in [-0.39, 0.29) is 22.9 Å². The van der Waals surface area contributed by atoms with Crippen LogP contribution in [0.4, 0.5) is 5.69 Å². The van der Waals surface area contributed by atoms with Gasteiger partial charge in [-0.2, -0.15) is 4.31 Å². The van der Waals surface area contributed by atoms with Crippen LogP contribution >= 0.6 is 11.6 Å². The van der Waals surface area contributed by atoms with Crippen LogP contribution in [-0.4, -0.2) is 36.3 Å². The van der Waals surface area contributed by atoms with Gasteiger partial charge in [0.1, 0.15) is 0 Å². The number of oxazole rings is 1. The van der Waals surface area contributed by atoms with Crippen molar-refractivity contribution in [3.63, 3.8) is 0 Å². The highest BCUT2D eigenvalue weighted by molar-refractivity contribution is 7.89. The minimum Gasteiger partial charge on any atom is -0.408 e. The van der Waals surface area contributed by atoms with E-state index >= 15 is 0 Å². The predicted molar refractivity (Wildman–Crippen MR) is 118 cm³/mol. The molecular weight excluding hydrogens is 442 g/mol. The van der Waals surface area contributed by atoms with Gasteiger partial charge < -0.3 is 9.73 Å². The molecular formula is C21H22ClN3O5S. The second-order valence-electron chi connectivity index (χ2n) is 7.71. The molecule has 0 unspecified atom stereocenters. The summed E-state index contributed by atoms with van der Waals surface area (Å²) in [7, 11) is -2.29. The van der Waals surface area contributed by atoms with Gasteiger partial charge in [0, 0.05) is 36.9 Å². The van der Waals surface area contributed by atoms with Crippen LogP contribution in [0.2, 0.25) is 5.02 Å². The molecule has 0 saturated carbocycles. The van der Waals surface area contributed by atoms with Crippen molar-refractivity contribution in [2.75, 3.05) is 18.4 Å². The lowest BCUT2D eigenvalue weighted by Crippen LogP contribution is -2.43. The van der Waals surface area contributed by atoms with Gasteiger partial charge >= 0.3 is 5.76 Å². The van der Waals surface area contributed by atoms with Crippen molar-refractivity contribution in [1.82, 2.24) is 8.87 Å². The van der Waals surface area contributed by atoms with Crippen molar-refractivity contribution >= 4 is 44.3 Å². The first-order valence-corrected chi connectivity index (χ1v) is 11.7. The first-order chi connectivity index (χ1) is 14.7. The molecule has 1 aromatic heterocycles. The van der Waals surface area contributed by atoms with E-state index in [4.69, 9.17) is 16.0 Å². The van der Waals surface area contributed by atoms with Crippen LogP contribution in [0.25, 0.3) is 11.1 Å². The summed E-state index contributed by atoms with van der Waals surface area (Å²) in [5.41, 5.74) is 2.19. The highest BCUT2D eigenvalue weighted by Crippen LogP contribution is 2.27. The van der Waals surface area contributed by atoms with Crippen molar-refractivity contribution < 1.29 is 17.6 Å². The van der Waals surface area contributed by atoms with Crippen molar-refractivity contribution in [2.45, 2.75) is 24.7 Å². The topological polar surface area (TPSA) is 102 Å². The molecule has 4 rings (SSSR count). The number of hydrogen-bond donors (Lipinski definition) is 1. The highest BCUT2D eigenvalue weighted by atomic mass is 35.5. The second kappa shape index (κ2) is 8.14. The first kappa shape index (κ1) is 21.6. The zero-order valence-electron chi connectivity index (χ0n) is 17.1. The quantitative estimate of drug-likeness (QED) is 0.640. The Morgan fingerprint density at radius 3 is 2.74 bits per heavy atom. The third kappa shape index (κ3) is 4.13. The molecule has 1 aliphatic heterocycles. The number of nitrogens with one attached hydrogen (secondary N) is 1. The van der Waals surface area contributed by atoms with Crippen molar-refractivity contribution in [2.24, 2.45) is 13.0 Å². The van der Waals surface area contributed by atoms with Gasteiger partial charge in [0.05, 0.1) is 16.3 Å². The number of aromatic nitrogens is 1. The number of fused-ring (bicyclic) bond motifs is 1. The highest BCUT2D eigenvalue weighted by Gasteiger charge is 2.33. The molecule has 0 aliphatic carbocycles. The Morgan fingerprint density at radius 2 is 2.00 bits per heavy atom. The lowest BCUT2D eigenvalue weighted by atomic mass is 9.98. The maximum atomic E-state index is 13.2. The van der Waals surface area contributed by atoms with E-state index in [2.05, 4.69) is 5.32 Å². The van der Waals surface area contributed by atoms with E-state index in [1.807, 2.05) is 13.0 Å². The number of nitrogens with zero attached hydrogens (tertiary/aromatic N) is 2.